The minimum Gasteiger partial charge on any atom is -0.474 e. The van der Waals surface area contributed by atoms with Gasteiger partial charge < -0.3 is 9.52 Å². The highest BCUT2D eigenvalue weighted by Gasteiger charge is 2.39. The normalized spacial score (nSPS) is 19.5. The molecule has 13 heavy (non-hydrogen) atoms. The van der Waals surface area contributed by atoms with E-state index in [-0.39, 0.29) is 11.3 Å². The lowest BCUT2D eigenvalue weighted by Gasteiger charge is -2.34. The Balaban J connectivity index is 2.27. The summed E-state index contributed by atoms with van der Waals surface area (Å²) in [4.78, 5) is 10.5. The summed E-state index contributed by atoms with van der Waals surface area (Å²) in [6.45, 7) is 2.01. The molecule has 1 saturated carbocycles. The van der Waals surface area contributed by atoms with Crippen molar-refractivity contribution < 1.29 is 14.3 Å². The average Bonchev–Trinajstić information content (AvgIpc) is 2.48. The summed E-state index contributed by atoms with van der Waals surface area (Å²) in [6.07, 6.45) is 3.13. The average molecular weight is 182 g/mol. The molecule has 1 aromatic heterocycles. The van der Waals surface area contributed by atoms with E-state index in [9.17, 15) is 4.79 Å². The van der Waals surface area contributed by atoms with Crippen molar-refractivity contribution >= 4 is 5.97 Å². The summed E-state index contributed by atoms with van der Waals surface area (Å²) in [6, 6.07) is 0. The zero-order valence-corrected chi connectivity index (χ0v) is 7.28. The predicted molar refractivity (Wildman–Crippen MR) is 42.5 cm³/mol. The van der Waals surface area contributed by atoms with Crippen molar-refractivity contribution in [1.82, 2.24) is 10.2 Å². The summed E-state index contributed by atoms with van der Waals surface area (Å²) in [7, 11) is 0. The third-order valence-electron chi connectivity index (χ3n) is 2.58. The van der Waals surface area contributed by atoms with Gasteiger partial charge in [-0.25, -0.2) is 4.79 Å². The van der Waals surface area contributed by atoms with Crippen molar-refractivity contribution in [2.75, 3.05) is 0 Å². The molecule has 0 saturated heterocycles. The largest absolute Gasteiger partial charge is 0.474 e. The third-order valence-corrected chi connectivity index (χ3v) is 2.58. The summed E-state index contributed by atoms with van der Waals surface area (Å²) < 4.78 is 5.03. The van der Waals surface area contributed by atoms with Gasteiger partial charge in [0.2, 0.25) is 5.89 Å². The standard InChI is InChI=1S/C8H10N2O3/c1-8(3-2-4-8)7-10-9-5(13-7)6(11)12/h2-4H2,1H3,(H,11,12). The number of carboxylic acids is 1. The summed E-state index contributed by atoms with van der Waals surface area (Å²) in [5.74, 6) is -1.03. The van der Waals surface area contributed by atoms with Gasteiger partial charge in [0.15, 0.2) is 0 Å². The van der Waals surface area contributed by atoms with Crippen LogP contribution in [0.25, 0.3) is 0 Å². The molecular weight excluding hydrogens is 172 g/mol. The number of carboxylic acid groups (broad SMARTS) is 1. The zero-order chi connectivity index (χ0) is 9.47. The highest BCUT2D eigenvalue weighted by Crippen LogP contribution is 2.42. The van der Waals surface area contributed by atoms with Crippen molar-refractivity contribution in [2.24, 2.45) is 0 Å². The van der Waals surface area contributed by atoms with Gasteiger partial charge in [-0.15, -0.1) is 10.2 Å². The van der Waals surface area contributed by atoms with Crippen LogP contribution in [0.15, 0.2) is 4.42 Å². The van der Waals surface area contributed by atoms with Gasteiger partial charge in [0.05, 0.1) is 0 Å². The fourth-order valence-corrected chi connectivity index (χ4v) is 1.47. The molecule has 1 aliphatic rings. The van der Waals surface area contributed by atoms with E-state index in [2.05, 4.69) is 10.2 Å². The molecule has 5 heteroatoms. The first-order chi connectivity index (χ1) is 6.12. The first kappa shape index (κ1) is 8.22. The molecule has 5 nitrogen and oxygen atoms in total. The SMILES string of the molecule is CC1(c2nnc(C(=O)O)o2)CCC1. The van der Waals surface area contributed by atoms with Gasteiger partial charge in [0, 0.05) is 5.41 Å². The highest BCUT2D eigenvalue weighted by molar-refractivity contribution is 5.81. The second-order valence-electron chi connectivity index (χ2n) is 3.63. The van der Waals surface area contributed by atoms with Gasteiger partial charge in [-0.2, -0.15) is 0 Å². The summed E-state index contributed by atoms with van der Waals surface area (Å²) in [5, 5.41) is 15.7. The zero-order valence-electron chi connectivity index (χ0n) is 7.28. The Bertz CT molecular complexity index is 341. The van der Waals surface area contributed by atoms with Crippen molar-refractivity contribution in [2.45, 2.75) is 31.6 Å². The van der Waals surface area contributed by atoms with E-state index in [1.165, 1.54) is 0 Å². The van der Waals surface area contributed by atoms with Gasteiger partial charge in [0.25, 0.3) is 0 Å². The van der Waals surface area contributed by atoms with Crippen LogP contribution in [-0.2, 0) is 5.41 Å². The number of aromatic nitrogens is 2. The van der Waals surface area contributed by atoms with Crippen LogP contribution in [0.5, 0.6) is 0 Å². The monoisotopic (exact) mass is 182 g/mol. The van der Waals surface area contributed by atoms with Gasteiger partial charge in [-0.3, -0.25) is 0 Å². The van der Waals surface area contributed by atoms with Crippen molar-refractivity contribution in [1.29, 1.82) is 0 Å². The minimum atomic E-state index is -1.17. The molecule has 0 radical (unpaired) electrons. The Hall–Kier alpha value is -1.39. The van der Waals surface area contributed by atoms with Crippen LogP contribution in [0.1, 0.15) is 42.8 Å². The molecule has 1 aromatic rings. The number of hydrogen-bond donors (Lipinski definition) is 1. The lowest BCUT2D eigenvalue weighted by molar-refractivity contribution is 0.0646. The predicted octanol–water partition coefficient (Wildman–Crippen LogP) is 1.21. The Kier molecular flexibility index (Phi) is 1.61. The van der Waals surface area contributed by atoms with Gasteiger partial charge in [-0.1, -0.05) is 13.3 Å². The molecule has 0 amide bonds. The van der Waals surface area contributed by atoms with Crippen molar-refractivity contribution in [3.63, 3.8) is 0 Å². The van der Waals surface area contributed by atoms with Crippen LogP contribution >= 0.6 is 0 Å². The molecule has 1 N–H and O–H groups in total. The van der Waals surface area contributed by atoms with Crippen molar-refractivity contribution in [3.05, 3.63) is 11.8 Å². The molecule has 70 valence electrons. The number of hydrogen-bond acceptors (Lipinski definition) is 4. The number of carbonyl (C=O) groups is 1. The maximum atomic E-state index is 10.5. The second-order valence-corrected chi connectivity index (χ2v) is 3.63. The minimum absolute atomic E-state index is 0.0826. The maximum Gasteiger partial charge on any atom is 0.393 e. The quantitative estimate of drug-likeness (QED) is 0.743. The Morgan fingerprint density at radius 1 is 1.54 bits per heavy atom. The highest BCUT2D eigenvalue weighted by atomic mass is 16.4. The fourth-order valence-electron chi connectivity index (χ4n) is 1.47. The van der Waals surface area contributed by atoms with E-state index in [0.717, 1.165) is 19.3 Å². The summed E-state index contributed by atoms with van der Waals surface area (Å²) in [5.41, 5.74) is -0.0826. The van der Waals surface area contributed by atoms with E-state index in [0.29, 0.717) is 5.89 Å². The van der Waals surface area contributed by atoms with Crippen LogP contribution < -0.4 is 0 Å². The van der Waals surface area contributed by atoms with E-state index >= 15 is 0 Å². The smallest absolute Gasteiger partial charge is 0.393 e. The first-order valence-electron chi connectivity index (χ1n) is 4.19. The molecule has 0 spiro atoms. The van der Waals surface area contributed by atoms with Crippen LogP contribution in [0.3, 0.4) is 0 Å². The Labute approximate surface area is 74.8 Å². The molecule has 2 rings (SSSR count). The third kappa shape index (κ3) is 1.20. The Morgan fingerprint density at radius 3 is 2.62 bits per heavy atom. The fraction of sp³-hybridized carbons (Fsp3) is 0.625. The lowest BCUT2D eigenvalue weighted by atomic mass is 9.70. The Morgan fingerprint density at radius 2 is 2.23 bits per heavy atom. The maximum absolute atomic E-state index is 10.5. The van der Waals surface area contributed by atoms with Gasteiger partial charge in [0.1, 0.15) is 0 Å². The topological polar surface area (TPSA) is 76.2 Å². The molecule has 0 bridgehead atoms. The van der Waals surface area contributed by atoms with E-state index in [1.807, 2.05) is 6.92 Å². The molecule has 0 aromatic carbocycles. The molecule has 1 aliphatic carbocycles. The number of rotatable bonds is 2. The van der Waals surface area contributed by atoms with E-state index in [1.54, 1.807) is 0 Å². The van der Waals surface area contributed by atoms with Crippen molar-refractivity contribution in [3.8, 4) is 0 Å². The molecule has 0 atom stereocenters. The lowest BCUT2D eigenvalue weighted by Crippen LogP contribution is -2.30. The number of aromatic carboxylic acids is 1. The van der Waals surface area contributed by atoms with Crippen LogP contribution in [-0.4, -0.2) is 21.3 Å². The van der Waals surface area contributed by atoms with E-state index in [4.69, 9.17) is 9.52 Å². The molecule has 0 aliphatic heterocycles. The van der Waals surface area contributed by atoms with Crippen LogP contribution in [0.4, 0.5) is 0 Å². The van der Waals surface area contributed by atoms with Crippen LogP contribution in [0, 0.1) is 0 Å². The molecule has 1 heterocycles. The first-order valence-corrected chi connectivity index (χ1v) is 4.19. The summed E-state index contributed by atoms with van der Waals surface area (Å²) >= 11 is 0. The van der Waals surface area contributed by atoms with E-state index < -0.39 is 5.97 Å². The van der Waals surface area contributed by atoms with Crippen LogP contribution in [0.2, 0.25) is 0 Å². The van der Waals surface area contributed by atoms with Gasteiger partial charge in [-0.05, 0) is 12.8 Å². The van der Waals surface area contributed by atoms with Gasteiger partial charge >= 0.3 is 11.9 Å². The molecule has 0 unspecified atom stereocenters. The number of nitrogens with zero attached hydrogens (tertiary/aromatic N) is 2. The molecular formula is C8H10N2O3. The second kappa shape index (κ2) is 2.55. The molecule has 1 fully saturated rings.